The zero-order valence-corrected chi connectivity index (χ0v) is 11.2. The van der Waals surface area contributed by atoms with Crippen molar-refractivity contribution in [2.24, 2.45) is 5.92 Å². The second-order valence-corrected chi connectivity index (χ2v) is 10.0. The van der Waals surface area contributed by atoms with Gasteiger partial charge in [0.25, 0.3) is 0 Å². The fourth-order valence-corrected chi connectivity index (χ4v) is 2.84. The smallest absolute Gasteiger partial charge is 0.184 e. The van der Waals surface area contributed by atoms with Crippen molar-refractivity contribution in [2.75, 3.05) is 0 Å². The molecule has 0 aliphatic heterocycles. The van der Waals surface area contributed by atoms with Gasteiger partial charge in [-0.05, 0) is 26.1 Å². The number of hydrogen-bond acceptors (Lipinski definition) is 1. The standard InChI is InChI=1S/C8H13Cl3OSi/c1-13(2,3)12-6-4-5(6)7(9)8(10)11/h5-6H,4H2,1-3H3/t5-,6+/m1/s1. The van der Waals surface area contributed by atoms with Crippen LogP contribution in [0, 0.1) is 5.92 Å². The van der Waals surface area contributed by atoms with Gasteiger partial charge < -0.3 is 4.43 Å². The lowest BCUT2D eigenvalue weighted by molar-refractivity contribution is 0.285. The van der Waals surface area contributed by atoms with Crippen molar-refractivity contribution >= 4 is 43.1 Å². The average Bonchev–Trinajstić information content (AvgIpc) is 2.62. The summed E-state index contributed by atoms with van der Waals surface area (Å²) in [6.07, 6.45) is 1.19. The quantitative estimate of drug-likeness (QED) is 0.693. The first-order valence-corrected chi connectivity index (χ1v) is 8.74. The SMILES string of the molecule is C[Si](C)(C)O[C@H]1C[C@H]1C(Cl)=C(Cl)Cl. The largest absolute Gasteiger partial charge is 0.414 e. The minimum atomic E-state index is -1.45. The van der Waals surface area contributed by atoms with Crippen LogP contribution >= 0.6 is 34.8 Å². The summed E-state index contributed by atoms with van der Waals surface area (Å²) in [7, 11) is -1.45. The van der Waals surface area contributed by atoms with Crippen molar-refractivity contribution in [1.82, 2.24) is 0 Å². The van der Waals surface area contributed by atoms with Gasteiger partial charge in [0, 0.05) is 5.92 Å². The molecule has 2 atom stereocenters. The van der Waals surface area contributed by atoms with Crippen LogP contribution in [0.2, 0.25) is 19.6 Å². The van der Waals surface area contributed by atoms with Crippen LogP contribution in [-0.2, 0) is 4.43 Å². The van der Waals surface area contributed by atoms with E-state index in [1.54, 1.807) is 0 Å². The van der Waals surface area contributed by atoms with E-state index in [4.69, 9.17) is 39.2 Å². The van der Waals surface area contributed by atoms with Crippen LogP contribution in [-0.4, -0.2) is 14.4 Å². The van der Waals surface area contributed by atoms with E-state index < -0.39 is 8.32 Å². The molecular weight excluding hydrogens is 247 g/mol. The molecule has 0 aromatic rings. The average molecular weight is 260 g/mol. The molecule has 0 saturated heterocycles. The molecular formula is C8H13Cl3OSi. The molecule has 0 amide bonds. The van der Waals surface area contributed by atoms with Gasteiger partial charge in [-0.15, -0.1) is 0 Å². The van der Waals surface area contributed by atoms with Crippen LogP contribution in [0.25, 0.3) is 0 Å². The lowest BCUT2D eigenvalue weighted by atomic mass is 10.4. The van der Waals surface area contributed by atoms with E-state index >= 15 is 0 Å². The predicted octanol–water partition coefficient (Wildman–Crippen LogP) is 4.11. The first kappa shape index (κ1) is 11.9. The number of rotatable bonds is 3. The zero-order chi connectivity index (χ0) is 10.2. The molecule has 0 spiro atoms. The fraction of sp³-hybridized carbons (Fsp3) is 0.750. The van der Waals surface area contributed by atoms with Crippen LogP contribution in [0.4, 0.5) is 0 Å². The van der Waals surface area contributed by atoms with Crippen molar-refractivity contribution in [3.63, 3.8) is 0 Å². The summed E-state index contributed by atoms with van der Waals surface area (Å²) in [4.78, 5) is 0. The first-order valence-electron chi connectivity index (χ1n) is 4.20. The van der Waals surface area contributed by atoms with Gasteiger partial charge in [0.15, 0.2) is 8.32 Å². The Hall–Kier alpha value is 0.787. The van der Waals surface area contributed by atoms with Crippen molar-refractivity contribution in [1.29, 1.82) is 0 Å². The Bertz CT molecular complexity index is 230. The Kier molecular flexibility index (Phi) is 3.75. The molecule has 0 unspecified atom stereocenters. The summed E-state index contributed by atoms with van der Waals surface area (Å²) < 4.78 is 6.01. The van der Waals surface area contributed by atoms with Crippen LogP contribution in [0.3, 0.4) is 0 Å². The molecule has 1 rings (SSSR count). The summed E-state index contributed by atoms with van der Waals surface area (Å²) in [6.45, 7) is 6.47. The van der Waals surface area contributed by atoms with Crippen LogP contribution in [0.1, 0.15) is 6.42 Å². The fourth-order valence-electron chi connectivity index (χ4n) is 1.16. The maximum atomic E-state index is 5.89. The van der Waals surface area contributed by atoms with Gasteiger partial charge in [0.05, 0.1) is 11.1 Å². The number of halogens is 3. The zero-order valence-electron chi connectivity index (χ0n) is 7.90. The second kappa shape index (κ2) is 4.11. The van der Waals surface area contributed by atoms with E-state index in [1.165, 1.54) is 0 Å². The highest BCUT2D eigenvalue weighted by Crippen LogP contribution is 2.45. The third-order valence-corrected chi connectivity index (χ3v) is 3.82. The highest BCUT2D eigenvalue weighted by atomic mass is 35.5. The lowest BCUT2D eigenvalue weighted by Crippen LogP contribution is -2.27. The van der Waals surface area contributed by atoms with Gasteiger partial charge in [0.2, 0.25) is 0 Å². The summed E-state index contributed by atoms with van der Waals surface area (Å²) in [5.74, 6) is 0.235. The third-order valence-electron chi connectivity index (χ3n) is 1.74. The molecule has 1 aliphatic rings. The molecule has 76 valence electrons. The van der Waals surface area contributed by atoms with E-state index in [-0.39, 0.29) is 16.5 Å². The van der Waals surface area contributed by atoms with Gasteiger partial charge in [-0.3, -0.25) is 0 Å². The van der Waals surface area contributed by atoms with Gasteiger partial charge >= 0.3 is 0 Å². The highest BCUT2D eigenvalue weighted by molar-refractivity contribution is 6.69. The van der Waals surface area contributed by atoms with Crippen LogP contribution < -0.4 is 0 Å². The lowest BCUT2D eigenvalue weighted by Gasteiger charge is -2.16. The normalized spacial score (nSPS) is 27.2. The minimum Gasteiger partial charge on any atom is -0.414 e. The summed E-state index contributed by atoms with van der Waals surface area (Å²) in [5, 5.41) is 0.548. The molecule has 0 aromatic heterocycles. The Morgan fingerprint density at radius 3 is 2.15 bits per heavy atom. The molecule has 0 N–H and O–H groups in total. The molecule has 1 fully saturated rings. The molecule has 13 heavy (non-hydrogen) atoms. The Labute approximate surface area is 95.1 Å². The molecule has 0 radical (unpaired) electrons. The maximum Gasteiger partial charge on any atom is 0.184 e. The molecule has 1 aliphatic carbocycles. The molecule has 1 saturated carbocycles. The molecule has 1 nitrogen and oxygen atoms in total. The Balaban J connectivity index is 2.44. The highest BCUT2D eigenvalue weighted by Gasteiger charge is 2.43. The van der Waals surface area contributed by atoms with Crippen molar-refractivity contribution in [3.05, 3.63) is 9.52 Å². The topological polar surface area (TPSA) is 9.23 Å². The third kappa shape index (κ3) is 3.80. The van der Waals surface area contributed by atoms with Crippen molar-refractivity contribution < 1.29 is 4.43 Å². The van der Waals surface area contributed by atoms with Gasteiger partial charge in [-0.1, -0.05) is 34.8 Å². The molecule has 0 heterocycles. The summed E-state index contributed by atoms with van der Waals surface area (Å²) >= 11 is 17.0. The van der Waals surface area contributed by atoms with E-state index in [0.29, 0.717) is 5.03 Å². The predicted molar refractivity (Wildman–Crippen MR) is 60.9 cm³/mol. The monoisotopic (exact) mass is 258 g/mol. The van der Waals surface area contributed by atoms with Gasteiger partial charge in [0.1, 0.15) is 4.49 Å². The van der Waals surface area contributed by atoms with Gasteiger partial charge in [-0.25, -0.2) is 0 Å². The van der Waals surface area contributed by atoms with E-state index in [1.807, 2.05) is 0 Å². The van der Waals surface area contributed by atoms with Crippen molar-refractivity contribution in [2.45, 2.75) is 32.2 Å². The van der Waals surface area contributed by atoms with E-state index in [2.05, 4.69) is 19.6 Å². The summed E-state index contributed by atoms with van der Waals surface area (Å²) in [6, 6.07) is 0. The molecule has 0 bridgehead atoms. The maximum absolute atomic E-state index is 5.89. The molecule has 0 aromatic carbocycles. The van der Waals surface area contributed by atoms with Crippen molar-refractivity contribution in [3.8, 4) is 0 Å². The van der Waals surface area contributed by atoms with Crippen LogP contribution in [0.5, 0.6) is 0 Å². The second-order valence-electron chi connectivity index (χ2n) is 4.22. The minimum absolute atomic E-state index is 0.174. The summed E-state index contributed by atoms with van der Waals surface area (Å²) in [5.41, 5.74) is 0. The van der Waals surface area contributed by atoms with E-state index in [9.17, 15) is 0 Å². The molecule has 5 heteroatoms. The Morgan fingerprint density at radius 2 is 1.77 bits per heavy atom. The number of hydrogen-bond donors (Lipinski definition) is 0. The van der Waals surface area contributed by atoms with Crippen LogP contribution in [0.15, 0.2) is 9.52 Å². The Morgan fingerprint density at radius 1 is 1.23 bits per heavy atom. The van der Waals surface area contributed by atoms with E-state index in [0.717, 1.165) is 6.42 Å². The van der Waals surface area contributed by atoms with Gasteiger partial charge in [-0.2, -0.15) is 0 Å². The first-order chi connectivity index (χ1) is 5.81.